The van der Waals surface area contributed by atoms with Crippen molar-refractivity contribution in [1.29, 1.82) is 0 Å². The Morgan fingerprint density at radius 1 is 1.10 bits per heavy atom. The lowest BCUT2D eigenvalue weighted by Gasteiger charge is -2.31. The summed E-state index contributed by atoms with van der Waals surface area (Å²) >= 11 is 0. The standard InChI is InChI=1S/C23H28N4O3/c1-16-14-17-8-6-7-11-20(17)27(16)23(30)19-12-13-21(28)26(24-19)15-22(29)25(2)18-9-4-3-5-10-18/h6-8,11-13,16,18H,3-5,9-10,14-15H2,1-2H3/t16-/m0/s1. The van der Waals surface area contributed by atoms with Crippen molar-refractivity contribution in [2.45, 2.75) is 64.1 Å². The molecule has 1 fully saturated rings. The first-order valence-corrected chi connectivity index (χ1v) is 10.7. The number of amides is 2. The van der Waals surface area contributed by atoms with Crippen molar-refractivity contribution in [2.75, 3.05) is 11.9 Å². The van der Waals surface area contributed by atoms with Gasteiger partial charge in [0.15, 0.2) is 0 Å². The summed E-state index contributed by atoms with van der Waals surface area (Å²) in [6.07, 6.45) is 6.23. The number of anilines is 1. The molecule has 2 aliphatic rings. The third-order valence-corrected chi connectivity index (χ3v) is 6.31. The summed E-state index contributed by atoms with van der Waals surface area (Å²) in [6, 6.07) is 10.8. The molecule has 2 amide bonds. The number of likely N-dealkylation sites (N-methyl/N-ethyl adjacent to an activating group) is 1. The van der Waals surface area contributed by atoms with Crippen LogP contribution >= 0.6 is 0 Å². The number of fused-ring (bicyclic) bond motifs is 1. The number of carbonyl (C=O) groups excluding carboxylic acids is 2. The fourth-order valence-electron chi connectivity index (χ4n) is 4.59. The minimum absolute atomic E-state index is 0.0103. The van der Waals surface area contributed by atoms with Crippen LogP contribution in [0.25, 0.3) is 0 Å². The smallest absolute Gasteiger partial charge is 0.278 e. The Labute approximate surface area is 176 Å². The Morgan fingerprint density at radius 3 is 2.60 bits per heavy atom. The molecule has 1 aromatic carbocycles. The zero-order valence-corrected chi connectivity index (χ0v) is 17.6. The maximum absolute atomic E-state index is 13.2. The van der Waals surface area contributed by atoms with E-state index in [-0.39, 0.29) is 41.7 Å². The van der Waals surface area contributed by atoms with E-state index < -0.39 is 0 Å². The van der Waals surface area contributed by atoms with Gasteiger partial charge in [-0.15, -0.1) is 0 Å². The van der Waals surface area contributed by atoms with Gasteiger partial charge in [0.1, 0.15) is 12.2 Å². The lowest BCUT2D eigenvalue weighted by Crippen LogP contribution is -2.42. The number of rotatable bonds is 4. The van der Waals surface area contributed by atoms with Crippen LogP contribution in [0, 0.1) is 0 Å². The molecule has 30 heavy (non-hydrogen) atoms. The van der Waals surface area contributed by atoms with Crippen LogP contribution in [0.2, 0.25) is 0 Å². The van der Waals surface area contributed by atoms with Crippen LogP contribution in [-0.4, -0.2) is 45.6 Å². The summed E-state index contributed by atoms with van der Waals surface area (Å²) in [5.41, 5.74) is 1.79. The zero-order valence-electron chi connectivity index (χ0n) is 17.6. The molecule has 0 saturated heterocycles. The Kier molecular flexibility index (Phi) is 5.70. The van der Waals surface area contributed by atoms with Gasteiger partial charge >= 0.3 is 0 Å². The van der Waals surface area contributed by atoms with E-state index in [1.807, 2.05) is 31.2 Å². The SMILES string of the molecule is C[C@H]1Cc2ccccc2N1C(=O)c1ccc(=O)n(CC(=O)N(C)C2CCCCC2)n1. The number of hydrogen-bond acceptors (Lipinski definition) is 4. The molecule has 4 rings (SSSR count). The van der Waals surface area contributed by atoms with Gasteiger partial charge in [-0.3, -0.25) is 14.4 Å². The Bertz CT molecular complexity index is 1010. The van der Waals surface area contributed by atoms with E-state index in [9.17, 15) is 14.4 Å². The molecule has 1 aliphatic carbocycles. The van der Waals surface area contributed by atoms with Crippen molar-refractivity contribution in [3.8, 4) is 0 Å². The number of hydrogen-bond donors (Lipinski definition) is 0. The summed E-state index contributed by atoms with van der Waals surface area (Å²) in [6.45, 7) is 1.84. The van der Waals surface area contributed by atoms with E-state index in [1.54, 1.807) is 16.8 Å². The zero-order chi connectivity index (χ0) is 21.3. The molecule has 1 atom stereocenters. The van der Waals surface area contributed by atoms with Crippen LogP contribution in [-0.2, 0) is 17.8 Å². The second kappa shape index (κ2) is 8.42. The third kappa shape index (κ3) is 3.88. The molecular weight excluding hydrogens is 380 g/mol. The van der Waals surface area contributed by atoms with E-state index in [0.29, 0.717) is 0 Å². The van der Waals surface area contributed by atoms with Crippen LogP contribution in [0.15, 0.2) is 41.2 Å². The molecule has 2 aromatic rings. The summed E-state index contributed by atoms with van der Waals surface area (Å²) in [4.78, 5) is 41.7. The molecule has 0 N–H and O–H groups in total. The molecule has 1 saturated carbocycles. The monoisotopic (exact) mass is 408 g/mol. The van der Waals surface area contributed by atoms with Crippen molar-refractivity contribution < 1.29 is 9.59 Å². The normalized spacial score (nSPS) is 18.9. The minimum Gasteiger partial charge on any atom is -0.341 e. The predicted octanol–water partition coefficient (Wildman–Crippen LogP) is 2.63. The molecule has 0 bridgehead atoms. The molecule has 1 aliphatic heterocycles. The van der Waals surface area contributed by atoms with Gasteiger partial charge in [0.25, 0.3) is 11.5 Å². The van der Waals surface area contributed by atoms with Crippen molar-refractivity contribution in [3.05, 3.63) is 58.0 Å². The highest BCUT2D eigenvalue weighted by molar-refractivity contribution is 6.06. The molecule has 1 aromatic heterocycles. The van der Waals surface area contributed by atoms with Gasteiger partial charge in [-0.2, -0.15) is 5.10 Å². The van der Waals surface area contributed by atoms with Gasteiger partial charge in [-0.05, 0) is 43.9 Å². The molecule has 0 radical (unpaired) electrons. The maximum Gasteiger partial charge on any atom is 0.278 e. The van der Waals surface area contributed by atoms with E-state index >= 15 is 0 Å². The summed E-state index contributed by atoms with van der Waals surface area (Å²) < 4.78 is 1.11. The molecule has 0 unspecified atom stereocenters. The van der Waals surface area contributed by atoms with Gasteiger partial charge < -0.3 is 9.80 Å². The van der Waals surface area contributed by atoms with E-state index in [0.717, 1.165) is 48.0 Å². The fourth-order valence-corrected chi connectivity index (χ4v) is 4.59. The van der Waals surface area contributed by atoms with Crippen LogP contribution in [0.1, 0.15) is 55.1 Å². The van der Waals surface area contributed by atoms with Crippen molar-refractivity contribution in [3.63, 3.8) is 0 Å². The van der Waals surface area contributed by atoms with Crippen molar-refractivity contribution in [2.24, 2.45) is 0 Å². The number of benzene rings is 1. The average Bonchev–Trinajstić information content (AvgIpc) is 3.10. The number of aromatic nitrogens is 2. The molecule has 7 nitrogen and oxygen atoms in total. The molecule has 2 heterocycles. The van der Waals surface area contributed by atoms with Gasteiger partial charge in [0.05, 0.1) is 0 Å². The van der Waals surface area contributed by atoms with Crippen LogP contribution in [0.5, 0.6) is 0 Å². The van der Waals surface area contributed by atoms with Gasteiger partial charge in [-0.1, -0.05) is 37.5 Å². The van der Waals surface area contributed by atoms with Crippen molar-refractivity contribution >= 4 is 17.5 Å². The number of para-hydroxylation sites is 1. The first-order valence-electron chi connectivity index (χ1n) is 10.7. The fraction of sp³-hybridized carbons (Fsp3) is 0.478. The Morgan fingerprint density at radius 2 is 1.83 bits per heavy atom. The summed E-state index contributed by atoms with van der Waals surface area (Å²) in [7, 11) is 1.79. The topological polar surface area (TPSA) is 75.5 Å². The minimum atomic E-state index is -0.383. The van der Waals surface area contributed by atoms with Crippen molar-refractivity contribution in [1.82, 2.24) is 14.7 Å². The predicted molar refractivity (Wildman–Crippen MR) is 115 cm³/mol. The number of carbonyl (C=O) groups is 2. The quantitative estimate of drug-likeness (QED) is 0.779. The highest BCUT2D eigenvalue weighted by atomic mass is 16.2. The van der Waals surface area contributed by atoms with Crippen LogP contribution in [0.3, 0.4) is 0 Å². The van der Waals surface area contributed by atoms with E-state index in [1.165, 1.54) is 18.6 Å². The Balaban J connectivity index is 1.54. The van der Waals surface area contributed by atoms with E-state index in [2.05, 4.69) is 5.10 Å². The lowest BCUT2D eigenvalue weighted by atomic mass is 9.94. The second-order valence-electron chi connectivity index (χ2n) is 8.37. The van der Waals surface area contributed by atoms with Crippen LogP contribution < -0.4 is 10.5 Å². The molecule has 7 heteroatoms. The van der Waals surface area contributed by atoms with Crippen LogP contribution in [0.4, 0.5) is 5.69 Å². The highest BCUT2D eigenvalue weighted by Crippen LogP contribution is 2.32. The molecule has 0 spiro atoms. The number of nitrogens with zero attached hydrogens (tertiary/aromatic N) is 4. The maximum atomic E-state index is 13.2. The van der Waals surface area contributed by atoms with Gasteiger partial charge in [0, 0.05) is 30.9 Å². The van der Waals surface area contributed by atoms with Gasteiger partial charge in [-0.25, -0.2) is 4.68 Å². The summed E-state index contributed by atoms with van der Waals surface area (Å²) in [5, 5.41) is 4.26. The highest BCUT2D eigenvalue weighted by Gasteiger charge is 2.32. The first kappa shape index (κ1) is 20.3. The lowest BCUT2D eigenvalue weighted by molar-refractivity contribution is -0.133. The largest absolute Gasteiger partial charge is 0.341 e. The van der Waals surface area contributed by atoms with E-state index in [4.69, 9.17) is 0 Å². The second-order valence-corrected chi connectivity index (χ2v) is 8.37. The average molecular weight is 409 g/mol. The molecule has 158 valence electrons. The Hall–Kier alpha value is -2.96. The first-order chi connectivity index (χ1) is 14.5. The summed E-state index contributed by atoms with van der Waals surface area (Å²) in [5.74, 6) is -0.407. The van der Waals surface area contributed by atoms with Gasteiger partial charge in [0.2, 0.25) is 5.91 Å². The molecular formula is C23H28N4O3. The third-order valence-electron chi connectivity index (χ3n) is 6.31.